The Morgan fingerprint density at radius 2 is 1.91 bits per heavy atom. The van der Waals surface area contributed by atoms with Gasteiger partial charge >= 0.3 is 0 Å². The highest BCUT2D eigenvalue weighted by molar-refractivity contribution is 5.87. The molecule has 3 nitrogen and oxygen atoms in total. The summed E-state index contributed by atoms with van der Waals surface area (Å²) in [4.78, 5) is 11.4. The summed E-state index contributed by atoms with van der Waals surface area (Å²) < 4.78 is 10.3. The fraction of sp³-hybridized carbons (Fsp3) is 0.875. The molecule has 0 amide bonds. The van der Waals surface area contributed by atoms with Crippen LogP contribution in [0.25, 0.3) is 0 Å². The van der Waals surface area contributed by atoms with E-state index in [2.05, 4.69) is 0 Å². The zero-order valence-electron chi connectivity index (χ0n) is 6.47. The Balaban J connectivity index is 2.12. The van der Waals surface area contributed by atoms with E-state index in [4.69, 9.17) is 9.47 Å². The number of hydrogen-bond acceptors (Lipinski definition) is 3. The summed E-state index contributed by atoms with van der Waals surface area (Å²) in [7, 11) is 0. The Morgan fingerprint density at radius 1 is 1.18 bits per heavy atom. The van der Waals surface area contributed by atoms with E-state index in [1.54, 1.807) is 0 Å². The summed E-state index contributed by atoms with van der Waals surface area (Å²) in [6, 6.07) is 0. The van der Waals surface area contributed by atoms with Gasteiger partial charge in [-0.3, -0.25) is 4.79 Å². The highest BCUT2D eigenvalue weighted by Crippen LogP contribution is 2.35. The van der Waals surface area contributed by atoms with E-state index < -0.39 is 0 Å². The lowest BCUT2D eigenvalue weighted by Crippen LogP contribution is -2.36. The van der Waals surface area contributed by atoms with Gasteiger partial charge in [0.15, 0.2) is 5.78 Å². The number of ketones is 1. The predicted octanol–water partition coefficient (Wildman–Crippen LogP) is 0.382. The van der Waals surface area contributed by atoms with E-state index >= 15 is 0 Å². The van der Waals surface area contributed by atoms with Gasteiger partial charge in [0.2, 0.25) is 0 Å². The van der Waals surface area contributed by atoms with Crippen LogP contribution in [0.15, 0.2) is 0 Å². The molecule has 0 radical (unpaired) electrons. The van der Waals surface area contributed by atoms with Crippen molar-refractivity contribution in [1.82, 2.24) is 0 Å². The first-order valence-corrected chi connectivity index (χ1v) is 4.02. The molecular formula is C8H12O3. The minimum atomic E-state index is -0.155. The Labute approximate surface area is 65.7 Å². The van der Waals surface area contributed by atoms with Crippen LogP contribution in [0.2, 0.25) is 0 Å². The SMILES string of the molecule is O=C1COCC12CCOCC2. The van der Waals surface area contributed by atoms with Gasteiger partial charge < -0.3 is 9.47 Å². The molecule has 2 heterocycles. The second-order valence-electron chi connectivity index (χ2n) is 3.31. The lowest BCUT2D eigenvalue weighted by Gasteiger charge is -2.29. The predicted molar refractivity (Wildman–Crippen MR) is 38.3 cm³/mol. The molecule has 0 bridgehead atoms. The third-order valence-electron chi connectivity index (χ3n) is 2.65. The van der Waals surface area contributed by atoms with Crippen molar-refractivity contribution < 1.29 is 14.3 Å². The Bertz CT molecular complexity index is 170. The zero-order chi connectivity index (χ0) is 7.73. The summed E-state index contributed by atoms with van der Waals surface area (Å²) in [5.41, 5.74) is -0.155. The summed E-state index contributed by atoms with van der Waals surface area (Å²) in [5.74, 6) is 0.279. The average Bonchev–Trinajstić information content (AvgIpc) is 2.36. The molecular weight excluding hydrogens is 144 g/mol. The minimum absolute atomic E-state index is 0.155. The van der Waals surface area contributed by atoms with E-state index in [0.717, 1.165) is 26.1 Å². The van der Waals surface area contributed by atoms with E-state index in [0.29, 0.717) is 13.2 Å². The molecule has 1 spiro atoms. The molecule has 0 aromatic heterocycles. The Hall–Kier alpha value is -0.410. The van der Waals surface area contributed by atoms with E-state index in [9.17, 15) is 4.79 Å². The number of hydrogen-bond donors (Lipinski definition) is 0. The van der Waals surface area contributed by atoms with Crippen molar-refractivity contribution in [3.63, 3.8) is 0 Å². The van der Waals surface area contributed by atoms with E-state index in [-0.39, 0.29) is 11.2 Å². The van der Waals surface area contributed by atoms with Crippen molar-refractivity contribution in [2.75, 3.05) is 26.4 Å². The third kappa shape index (κ3) is 1.08. The number of carbonyl (C=O) groups is 1. The molecule has 0 atom stereocenters. The maximum absolute atomic E-state index is 11.4. The third-order valence-corrected chi connectivity index (χ3v) is 2.65. The zero-order valence-corrected chi connectivity index (χ0v) is 6.47. The molecule has 0 saturated carbocycles. The molecule has 3 heteroatoms. The molecule has 2 aliphatic heterocycles. The van der Waals surface area contributed by atoms with Crippen molar-refractivity contribution >= 4 is 5.78 Å². The van der Waals surface area contributed by atoms with Crippen LogP contribution in [0.5, 0.6) is 0 Å². The molecule has 2 fully saturated rings. The molecule has 62 valence electrons. The van der Waals surface area contributed by atoms with Gasteiger partial charge in [0.1, 0.15) is 6.61 Å². The molecule has 0 unspecified atom stereocenters. The van der Waals surface area contributed by atoms with Crippen molar-refractivity contribution in [1.29, 1.82) is 0 Å². The van der Waals surface area contributed by atoms with Gasteiger partial charge in [0, 0.05) is 13.2 Å². The average molecular weight is 156 g/mol. The molecule has 0 aromatic carbocycles. The number of Topliss-reactive ketones (excluding diaryl/α,β-unsaturated/α-hetero) is 1. The van der Waals surface area contributed by atoms with E-state index in [1.165, 1.54) is 0 Å². The maximum atomic E-state index is 11.4. The number of carbonyl (C=O) groups excluding carboxylic acids is 1. The van der Waals surface area contributed by atoms with Crippen LogP contribution in [-0.4, -0.2) is 32.2 Å². The standard InChI is InChI=1S/C8H12O3/c9-7-5-11-6-8(7)1-3-10-4-2-8/h1-6H2. The van der Waals surface area contributed by atoms with Crippen LogP contribution < -0.4 is 0 Å². The molecule has 2 rings (SSSR count). The van der Waals surface area contributed by atoms with Gasteiger partial charge in [-0.1, -0.05) is 0 Å². The first-order valence-electron chi connectivity index (χ1n) is 4.02. The highest BCUT2D eigenvalue weighted by Gasteiger charge is 2.43. The molecule has 0 aromatic rings. The second-order valence-corrected chi connectivity index (χ2v) is 3.31. The maximum Gasteiger partial charge on any atom is 0.167 e. The second kappa shape index (κ2) is 2.57. The molecule has 11 heavy (non-hydrogen) atoms. The summed E-state index contributed by atoms with van der Waals surface area (Å²) in [6.45, 7) is 2.37. The van der Waals surface area contributed by atoms with E-state index in [1.807, 2.05) is 0 Å². The number of rotatable bonds is 0. The van der Waals surface area contributed by atoms with Crippen LogP contribution in [0.3, 0.4) is 0 Å². The molecule has 0 aliphatic carbocycles. The first-order chi connectivity index (χ1) is 5.33. The summed E-state index contributed by atoms with van der Waals surface area (Å²) >= 11 is 0. The van der Waals surface area contributed by atoms with Crippen molar-refractivity contribution in [3.8, 4) is 0 Å². The normalized spacial score (nSPS) is 29.6. The van der Waals surface area contributed by atoms with Gasteiger partial charge in [-0.25, -0.2) is 0 Å². The van der Waals surface area contributed by atoms with Gasteiger partial charge in [0.25, 0.3) is 0 Å². The fourth-order valence-corrected chi connectivity index (χ4v) is 1.76. The highest BCUT2D eigenvalue weighted by atomic mass is 16.5. The number of ether oxygens (including phenoxy) is 2. The summed E-state index contributed by atoms with van der Waals surface area (Å²) in [6.07, 6.45) is 1.71. The van der Waals surface area contributed by atoms with Crippen LogP contribution in [0.1, 0.15) is 12.8 Å². The van der Waals surface area contributed by atoms with Crippen molar-refractivity contribution in [3.05, 3.63) is 0 Å². The van der Waals surface area contributed by atoms with Crippen molar-refractivity contribution in [2.45, 2.75) is 12.8 Å². The van der Waals surface area contributed by atoms with Crippen LogP contribution in [-0.2, 0) is 14.3 Å². The van der Waals surface area contributed by atoms with Crippen molar-refractivity contribution in [2.24, 2.45) is 5.41 Å². The Morgan fingerprint density at radius 3 is 2.45 bits per heavy atom. The molecule has 2 aliphatic rings. The van der Waals surface area contributed by atoms with Gasteiger partial charge in [-0.05, 0) is 12.8 Å². The first kappa shape index (κ1) is 7.25. The van der Waals surface area contributed by atoms with Gasteiger partial charge in [-0.2, -0.15) is 0 Å². The van der Waals surface area contributed by atoms with Gasteiger partial charge in [-0.15, -0.1) is 0 Å². The van der Waals surface area contributed by atoms with Crippen LogP contribution in [0.4, 0.5) is 0 Å². The molecule has 2 saturated heterocycles. The minimum Gasteiger partial charge on any atom is -0.381 e. The largest absolute Gasteiger partial charge is 0.381 e. The lowest BCUT2D eigenvalue weighted by atomic mass is 9.79. The Kier molecular flexibility index (Phi) is 1.69. The quantitative estimate of drug-likeness (QED) is 0.508. The summed E-state index contributed by atoms with van der Waals surface area (Å²) in [5, 5.41) is 0. The fourth-order valence-electron chi connectivity index (χ4n) is 1.76. The molecule has 0 N–H and O–H groups in total. The van der Waals surface area contributed by atoms with Crippen LogP contribution in [0, 0.1) is 5.41 Å². The smallest absolute Gasteiger partial charge is 0.167 e. The van der Waals surface area contributed by atoms with Crippen LogP contribution >= 0.6 is 0 Å². The van der Waals surface area contributed by atoms with Gasteiger partial charge in [0.05, 0.1) is 12.0 Å². The topological polar surface area (TPSA) is 35.5 Å². The monoisotopic (exact) mass is 156 g/mol. The lowest BCUT2D eigenvalue weighted by molar-refractivity contribution is -0.128.